The summed E-state index contributed by atoms with van der Waals surface area (Å²) in [6, 6.07) is 5.53. The first kappa shape index (κ1) is 32.1. The third-order valence-corrected chi connectivity index (χ3v) is 6.70. The molecule has 1 atom stereocenters. The normalized spacial score (nSPS) is 14.2. The van der Waals surface area contributed by atoms with Crippen molar-refractivity contribution >= 4 is 40.7 Å². The lowest BCUT2D eigenvalue weighted by Gasteiger charge is -2.36. The van der Waals surface area contributed by atoms with E-state index in [4.69, 9.17) is 14.2 Å². The minimum Gasteiger partial charge on any atom is -0.478 e. The molecule has 0 aliphatic carbocycles. The molecule has 1 aromatic carbocycles. The van der Waals surface area contributed by atoms with Gasteiger partial charge in [-0.15, -0.1) is 0 Å². The number of benzene rings is 1. The van der Waals surface area contributed by atoms with E-state index < -0.39 is 41.5 Å². The second-order valence-corrected chi connectivity index (χ2v) is 10.3. The Morgan fingerprint density at radius 3 is 2.26 bits per heavy atom. The Morgan fingerprint density at radius 1 is 1.00 bits per heavy atom. The van der Waals surface area contributed by atoms with E-state index in [1.807, 2.05) is 13.0 Å². The van der Waals surface area contributed by atoms with Crippen LogP contribution >= 0.6 is 0 Å². The van der Waals surface area contributed by atoms with Gasteiger partial charge < -0.3 is 34.4 Å². The molecule has 1 unspecified atom stereocenters. The highest BCUT2D eigenvalue weighted by atomic mass is 16.6. The number of aromatic nitrogens is 1. The topological polar surface area (TPSA) is 165 Å². The largest absolute Gasteiger partial charge is 0.478 e. The van der Waals surface area contributed by atoms with E-state index in [0.29, 0.717) is 10.9 Å². The maximum Gasteiger partial charge on any atom is 0.409 e. The van der Waals surface area contributed by atoms with Crippen LogP contribution in [0.3, 0.4) is 0 Å². The fourth-order valence-electron chi connectivity index (χ4n) is 4.36. The Hall–Kier alpha value is -4.42. The van der Waals surface area contributed by atoms with Crippen molar-refractivity contribution < 1.29 is 43.3 Å². The van der Waals surface area contributed by atoms with Crippen LogP contribution in [-0.2, 0) is 23.9 Å². The van der Waals surface area contributed by atoms with Gasteiger partial charge in [0.05, 0.1) is 18.7 Å². The lowest BCUT2D eigenvalue weighted by molar-refractivity contribution is -0.152. The molecule has 1 saturated heterocycles. The minimum atomic E-state index is -1.60. The molecule has 2 heterocycles. The number of pyridine rings is 1. The number of carboxylic acids is 1. The van der Waals surface area contributed by atoms with Gasteiger partial charge in [0.1, 0.15) is 17.5 Å². The summed E-state index contributed by atoms with van der Waals surface area (Å²) in [4.78, 5) is 70.4. The zero-order valence-electron chi connectivity index (χ0n) is 24.6. The molecule has 13 nitrogen and oxygen atoms in total. The number of ether oxygens (including phenoxy) is 3. The van der Waals surface area contributed by atoms with Crippen molar-refractivity contribution in [2.75, 3.05) is 39.4 Å². The predicted octanol–water partition coefficient (Wildman–Crippen LogP) is 2.53. The molecule has 42 heavy (non-hydrogen) atoms. The molecule has 228 valence electrons. The van der Waals surface area contributed by atoms with E-state index >= 15 is 0 Å². The smallest absolute Gasteiger partial charge is 0.409 e. The number of hydrogen-bond donors (Lipinski definition) is 2. The highest BCUT2D eigenvalue weighted by Gasteiger charge is 2.33. The Labute approximate surface area is 244 Å². The Kier molecular flexibility index (Phi) is 10.7. The van der Waals surface area contributed by atoms with Gasteiger partial charge in [-0.2, -0.15) is 0 Å². The van der Waals surface area contributed by atoms with E-state index in [0.717, 1.165) is 5.56 Å². The number of amides is 3. The summed E-state index contributed by atoms with van der Waals surface area (Å²) in [6.07, 6.45) is -0.596. The SMILES string of the molecule is CCOC(=O)CCC(NC(=O)c1cc(OC(C)(C)C(=O)O)c2ccc(C)cc2n1)C(=O)N1CCN(C(=O)OCC)CC1. The molecule has 0 bridgehead atoms. The predicted molar refractivity (Wildman–Crippen MR) is 151 cm³/mol. The van der Waals surface area contributed by atoms with Crippen LogP contribution in [0, 0.1) is 6.92 Å². The second-order valence-electron chi connectivity index (χ2n) is 10.3. The van der Waals surface area contributed by atoms with Crippen LogP contribution in [0.4, 0.5) is 4.79 Å². The summed E-state index contributed by atoms with van der Waals surface area (Å²) in [5.74, 6) is -2.69. The van der Waals surface area contributed by atoms with Gasteiger partial charge in [0.15, 0.2) is 5.60 Å². The Morgan fingerprint density at radius 2 is 1.64 bits per heavy atom. The Bertz CT molecular complexity index is 1340. The van der Waals surface area contributed by atoms with Crippen LogP contribution in [0.15, 0.2) is 24.3 Å². The summed E-state index contributed by atoms with van der Waals surface area (Å²) >= 11 is 0. The number of hydrogen-bond acceptors (Lipinski definition) is 9. The van der Waals surface area contributed by atoms with Crippen LogP contribution in [0.5, 0.6) is 5.75 Å². The lowest BCUT2D eigenvalue weighted by atomic mass is 10.1. The molecule has 0 saturated carbocycles. The van der Waals surface area contributed by atoms with Gasteiger partial charge in [0.2, 0.25) is 5.91 Å². The van der Waals surface area contributed by atoms with Gasteiger partial charge in [-0.1, -0.05) is 6.07 Å². The number of esters is 1. The third kappa shape index (κ3) is 8.08. The van der Waals surface area contributed by atoms with Crippen LogP contribution in [0.25, 0.3) is 10.9 Å². The van der Waals surface area contributed by atoms with E-state index in [1.54, 1.807) is 26.0 Å². The van der Waals surface area contributed by atoms with Crippen LogP contribution < -0.4 is 10.1 Å². The zero-order chi connectivity index (χ0) is 31.0. The average Bonchev–Trinajstić information content (AvgIpc) is 2.94. The summed E-state index contributed by atoms with van der Waals surface area (Å²) in [7, 11) is 0. The summed E-state index contributed by atoms with van der Waals surface area (Å²) in [6.45, 7) is 9.39. The van der Waals surface area contributed by atoms with Crippen molar-refractivity contribution in [3.05, 3.63) is 35.5 Å². The van der Waals surface area contributed by atoms with Gasteiger partial charge in [-0.3, -0.25) is 14.4 Å². The molecule has 0 radical (unpaired) electrons. The number of rotatable bonds is 11. The molecule has 1 aliphatic rings. The van der Waals surface area contributed by atoms with Crippen LogP contribution in [0.2, 0.25) is 0 Å². The van der Waals surface area contributed by atoms with Crippen molar-refractivity contribution in [3.8, 4) is 5.75 Å². The van der Waals surface area contributed by atoms with Crippen molar-refractivity contribution in [2.24, 2.45) is 0 Å². The molecule has 1 aliphatic heterocycles. The van der Waals surface area contributed by atoms with Gasteiger partial charge in [-0.25, -0.2) is 14.6 Å². The number of nitrogens with zero attached hydrogens (tertiary/aromatic N) is 3. The molecule has 13 heteroatoms. The number of piperazine rings is 1. The lowest BCUT2D eigenvalue weighted by Crippen LogP contribution is -2.56. The summed E-state index contributed by atoms with van der Waals surface area (Å²) in [5.41, 5.74) is -0.425. The first-order chi connectivity index (χ1) is 19.9. The van der Waals surface area contributed by atoms with Crippen molar-refractivity contribution in [1.29, 1.82) is 0 Å². The quantitative estimate of drug-likeness (QED) is 0.374. The number of fused-ring (bicyclic) bond motifs is 1. The fraction of sp³-hybridized carbons (Fsp3) is 0.517. The van der Waals surface area contributed by atoms with Crippen molar-refractivity contribution in [2.45, 2.75) is 59.1 Å². The molecule has 1 aromatic heterocycles. The molecular formula is C29H38N4O9. The summed E-state index contributed by atoms with van der Waals surface area (Å²) < 4.78 is 15.8. The number of aryl methyl sites for hydroxylation is 1. The molecule has 2 N–H and O–H groups in total. The van der Waals surface area contributed by atoms with Gasteiger partial charge >= 0.3 is 18.0 Å². The highest BCUT2D eigenvalue weighted by Crippen LogP contribution is 2.30. The van der Waals surface area contributed by atoms with Crippen molar-refractivity contribution in [3.63, 3.8) is 0 Å². The molecule has 2 aromatic rings. The van der Waals surface area contributed by atoms with Gasteiger partial charge in [0, 0.05) is 44.1 Å². The zero-order valence-corrected chi connectivity index (χ0v) is 24.6. The number of carbonyl (C=O) groups is 5. The first-order valence-corrected chi connectivity index (χ1v) is 13.9. The van der Waals surface area contributed by atoms with E-state index in [2.05, 4.69) is 10.3 Å². The third-order valence-electron chi connectivity index (χ3n) is 6.70. The number of carboxylic acid groups (broad SMARTS) is 1. The maximum atomic E-state index is 13.5. The maximum absolute atomic E-state index is 13.5. The van der Waals surface area contributed by atoms with Crippen LogP contribution in [-0.4, -0.2) is 101 Å². The van der Waals surface area contributed by atoms with E-state index in [9.17, 15) is 29.1 Å². The molecule has 3 rings (SSSR count). The number of nitrogens with one attached hydrogen (secondary N) is 1. The Balaban J connectivity index is 1.87. The fourth-order valence-corrected chi connectivity index (χ4v) is 4.36. The number of carbonyl (C=O) groups excluding carboxylic acids is 4. The molecule has 1 fully saturated rings. The van der Waals surface area contributed by atoms with Gasteiger partial charge in [0.25, 0.3) is 5.91 Å². The minimum absolute atomic E-state index is 0.0242. The standard InChI is InChI=1S/C29H38N4O9/c1-6-40-24(34)11-10-20(26(36)32-12-14-33(15-13-32)28(39)41-7-2)31-25(35)22-17-23(42-29(4,5)27(37)38)19-9-8-18(3)16-21(19)30-22/h8-9,16-17,20H,6-7,10-15H2,1-5H3,(H,31,35)(H,37,38). The molecule has 0 spiro atoms. The monoisotopic (exact) mass is 586 g/mol. The van der Waals surface area contributed by atoms with E-state index in [-0.39, 0.29) is 63.7 Å². The molecule has 3 amide bonds. The van der Waals surface area contributed by atoms with Crippen LogP contribution in [0.1, 0.15) is 56.6 Å². The number of aliphatic carboxylic acids is 1. The molecular weight excluding hydrogens is 548 g/mol. The first-order valence-electron chi connectivity index (χ1n) is 13.9. The van der Waals surface area contributed by atoms with Crippen molar-refractivity contribution in [1.82, 2.24) is 20.1 Å². The average molecular weight is 587 g/mol. The van der Waals surface area contributed by atoms with E-state index in [1.165, 1.54) is 29.7 Å². The van der Waals surface area contributed by atoms with Gasteiger partial charge in [-0.05, 0) is 58.7 Å². The summed E-state index contributed by atoms with van der Waals surface area (Å²) in [5, 5.41) is 12.8. The second kappa shape index (κ2) is 14.0. The highest BCUT2D eigenvalue weighted by molar-refractivity contribution is 5.99.